The third kappa shape index (κ3) is 5.80. The predicted octanol–water partition coefficient (Wildman–Crippen LogP) is 11.9. The molecule has 7 heteroatoms. The summed E-state index contributed by atoms with van der Waals surface area (Å²) in [6, 6.07) is 41.8. The number of rotatable bonds is 5. The van der Waals surface area contributed by atoms with E-state index >= 15 is 0 Å². The number of ether oxygens (including phenoxy) is 1. The molecule has 0 aliphatic heterocycles. The van der Waals surface area contributed by atoms with E-state index in [9.17, 15) is 0 Å². The number of fused-ring (bicyclic) bond motifs is 7. The van der Waals surface area contributed by atoms with Gasteiger partial charge in [0, 0.05) is 52.8 Å². The molecule has 6 nitrogen and oxygen atoms in total. The van der Waals surface area contributed by atoms with Crippen molar-refractivity contribution in [3.8, 4) is 34.4 Å². The molecule has 0 saturated heterocycles. The Morgan fingerprint density at radius 1 is 0.696 bits per heavy atom. The molecule has 4 aromatic heterocycles. The van der Waals surface area contributed by atoms with Crippen LogP contribution in [0.3, 0.4) is 0 Å². The van der Waals surface area contributed by atoms with Gasteiger partial charge >= 0.3 is 21.1 Å². The Labute approximate surface area is 342 Å². The molecule has 280 valence electrons. The smallest absolute Gasteiger partial charge is 0.503 e. The maximum absolute atomic E-state index is 6.73. The van der Waals surface area contributed by atoms with Crippen molar-refractivity contribution in [2.45, 2.75) is 65.7 Å². The number of nitrogens with zero attached hydrogens (tertiary/aromatic N) is 5. The zero-order valence-corrected chi connectivity index (χ0v) is 34.9. The van der Waals surface area contributed by atoms with Gasteiger partial charge in [-0.3, -0.25) is 4.98 Å². The van der Waals surface area contributed by atoms with Gasteiger partial charge in [-0.1, -0.05) is 93.0 Å². The van der Waals surface area contributed by atoms with Crippen LogP contribution in [0.15, 0.2) is 103 Å². The Morgan fingerprint density at radius 2 is 1.41 bits per heavy atom. The molecule has 1 aliphatic carbocycles. The first-order valence-electron chi connectivity index (χ1n) is 19.4. The summed E-state index contributed by atoms with van der Waals surface area (Å²) in [6.45, 7) is 11.1. The zero-order chi connectivity index (χ0) is 37.6. The van der Waals surface area contributed by atoms with Crippen LogP contribution in [-0.4, -0.2) is 23.7 Å². The van der Waals surface area contributed by atoms with E-state index in [-0.39, 0.29) is 26.5 Å². The summed E-state index contributed by atoms with van der Waals surface area (Å²) in [5.74, 6) is 3.03. The monoisotopic (exact) mass is 912 g/mol. The van der Waals surface area contributed by atoms with Crippen molar-refractivity contribution >= 4 is 43.6 Å². The largest absolute Gasteiger partial charge is 2.00 e. The average molecular weight is 913 g/mol. The number of hydrogen-bond acceptors (Lipinski definition) is 3. The summed E-state index contributed by atoms with van der Waals surface area (Å²) in [7, 11) is 2.14. The maximum Gasteiger partial charge on any atom is 2.00 e. The van der Waals surface area contributed by atoms with E-state index in [2.05, 4.69) is 158 Å². The molecular formula is C49H43N5OPt. The minimum Gasteiger partial charge on any atom is -0.503 e. The van der Waals surface area contributed by atoms with Crippen molar-refractivity contribution in [1.29, 1.82) is 0 Å². The third-order valence-electron chi connectivity index (χ3n) is 11.5. The number of hydrogen-bond donors (Lipinski definition) is 0. The minimum absolute atomic E-state index is 0. The summed E-state index contributed by atoms with van der Waals surface area (Å²) in [6.07, 6.45) is 6.42. The minimum atomic E-state index is -0.100. The molecule has 0 fully saturated rings. The molecule has 5 aromatic carbocycles. The number of imidazole rings is 1. The second kappa shape index (κ2) is 13.6. The van der Waals surface area contributed by atoms with Gasteiger partial charge in [-0.25, -0.2) is 4.98 Å². The second-order valence-electron chi connectivity index (χ2n) is 16.2. The Hall–Kier alpha value is -5.45. The quantitative estimate of drug-likeness (QED) is 0.162. The summed E-state index contributed by atoms with van der Waals surface area (Å²) in [5.41, 5.74) is 12.5. The number of benzene rings is 5. The van der Waals surface area contributed by atoms with Crippen LogP contribution in [0.5, 0.6) is 11.5 Å². The normalized spacial score (nSPS) is 13.1. The Kier molecular flexibility index (Phi) is 8.81. The zero-order valence-electron chi connectivity index (χ0n) is 32.6. The van der Waals surface area contributed by atoms with Crippen molar-refractivity contribution in [1.82, 2.24) is 23.7 Å². The van der Waals surface area contributed by atoms with Crippen LogP contribution in [0.4, 0.5) is 0 Å². The summed E-state index contributed by atoms with van der Waals surface area (Å²) in [5, 5.41) is 4.73. The van der Waals surface area contributed by atoms with Crippen LogP contribution >= 0.6 is 0 Å². The van der Waals surface area contributed by atoms with Gasteiger partial charge in [0.1, 0.15) is 5.82 Å². The molecule has 0 atom stereocenters. The van der Waals surface area contributed by atoms with E-state index in [0.29, 0.717) is 11.5 Å². The molecular weight excluding hydrogens is 870 g/mol. The Morgan fingerprint density at radius 3 is 2.14 bits per heavy atom. The fourth-order valence-electron chi connectivity index (χ4n) is 8.75. The molecule has 4 heterocycles. The maximum atomic E-state index is 6.73. The van der Waals surface area contributed by atoms with Crippen LogP contribution in [-0.2, 0) is 46.4 Å². The molecule has 0 radical (unpaired) electrons. The third-order valence-corrected chi connectivity index (χ3v) is 11.5. The predicted molar refractivity (Wildman–Crippen MR) is 224 cm³/mol. The number of aryl methyl sites for hydroxylation is 3. The molecule has 0 saturated carbocycles. The standard InChI is InChI=1S/C49H43N5O.Pt/c1-30-13-11-16-39-40-17-12-14-31(2)47(40)53(46(30)39)34-23-24-50-45(28-34)54-42-19-9-7-15-37(42)38-22-21-35(29-44(38)54)55-36-26-32(25-33(27-36)49(3,4)5)48-51-41-18-8-10-20-43(41)52(48)6;/h7,9,11-17,19,21-25,27-28H,8,10,18,20H2,1-6H3;/q-2;+2. The van der Waals surface area contributed by atoms with Gasteiger partial charge < -0.3 is 18.4 Å². The van der Waals surface area contributed by atoms with Crippen LogP contribution in [0.1, 0.15) is 61.7 Å². The van der Waals surface area contributed by atoms with Gasteiger partial charge in [-0.15, -0.1) is 34.7 Å². The molecule has 0 N–H and O–H groups in total. The molecule has 10 rings (SSSR count). The van der Waals surface area contributed by atoms with E-state index in [1.165, 1.54) is 62.7 Å². The van der Waals surface area contributed by atoms with Gasteiger partial charge in [-0.2, -0.15) is 6.07 Å². The van der Waals surface area contributed by atoms with E-state index < -0.39 is 0 Å². The summed E-state index contributed by atoms with van der Waals surface area (Å²) >= 11 is 0. The molecule has 1 aliphatic rings. The van der Waals surface area contributed by atoms with Crippen molar-refractivity contribution in [3.05, 3.63) is 143 Å². The molecule has 0 spiro atoms. The van der Waals surface area contributed by atoms with Gasteiger partial charge in [0.15, 0.2) is 0 Å². The first-order chi connectivity index (χ1) is 26.6. The number of para-hydroxylation sites is 3. The summed E-state index contributed by atoms with van der Waals surface area (Å²) in [4.78, 5) is 10.1. The SMILES string of the molecule is Cc1cccc2c3cccc(C)c3n(-c3ccnc(-n4c5[c-]c(Oc6[c-]c(-c7nc8c(n7C)CCCC8)cc(C(C)(C)C)c6)ccc5c5ccccc54)c3)c12.[Pt+2]. The Bertz CT molecular complexity index is 2930. The van der Waals surface area contributed by atoms with Crippen molar-refractivity contribution < 1.29 is 25.8 Å². The van der Waals surface area contributed by atoms with Crippen LogP contribution in [0, 0.1) is 26.0 Å². The van der Waals surface area contributed by atoms with Gasteiger partial charge in [-0.05, 0) is 73.6 Å². The van der Waals surface area contributed by atoms with Gasteiger partial charge in [0.05, 0.1) is 28.2 Å². The second-order valence-corrected chi connectivity index (χ2v) is 16.2. The number of pyridine rings is 1. The average Bonchev–Trinajstić information content (AvgIpc) is 3.83. The first-order valence-corrected chi connectivity index (χ1v) is 19.4. The van der Waals surface area contributed by atoms with E-state index in [1.54, 1.807) is 0 Å². The summed E-state index contributed by atoms with van der Waals surface area (Å²) < 4.78 is 13.6. The fourth-order valence-corrected chi connectivity index (χ4v) is 8.75. The topological polar surface area (TPSA) is 49.8 Å². The van der Waals surface area contributed by atoms with Crippen molar-refractivity contribution in [2.75, 3.05) is 0 Å². The molecule has 0 unspecified atom stereocenters. The van der Waals surface area contributed by atoms with E-state index in [0.717, 1.165) is 57.5 Å². The van der Waals surface area contributed by atoms with E-state index in [4.69, 9.17) is 14.7 Å². The fraction of sp³-hybridized carbons (Fsp3) is 0.224. The molecule has 9 aromatic rings. The molecule has 0 bridgehead atoms. The molecule has 56 heavy (non-hydrogen) atoms. The Balaban J connectivity index is 0.00000410. The van der Waals surface area contributed by atoms with E-state index in [1.807, 2.05) is 12.3 Å². The van der Waals surface area contributed by atoms with Crippen molar-refractivity contribution in [3.63, 3.8) is 0 Å². The number of aromatic nitrogens is 5. The van der Waals surface area contributed by atoms with Crippen molar-refractivity contribution in [2.24, 2.45) is 7.05 Å². The first kappa shape index (κ1) is 36.2. The van der Waals surface area contributed by atoms with Crippen LogP contribution < -0.4 is 4.74 Å². The van der Waals surface area contributed by atoms with Crippen LogP contribution in [0.2, 0.25) is 0 Å². The van der Waals surface area contributed by atoms with Gasteiger partial charge in [0.2, 0.25) is 0 Å². The molecule has 0 amide bonds. The van der Waals surface area contributed by atoms with Crippen LogP contribution in [0.25, 0.3) is 66.5 Å². The van der Waals surface area contributed by atoms with Gasteiger partial charge in [0.25, 0.3) is 0 Å².